The third kappa shape index (κ3) is 3.07. The van der Waals surface area contributed by atoms with Crippen LogP contribution in [0.25, 0.3) is 0 Å². The molecule has 0 amide bonds. The maximum absolute atomic E-state index is 5.50. The summed E-state index contributed by atoms with van der Waals surface area (Å²) in [6.45, 7) is 3.00. The number of hydrogen-bond acceptors (Lipinski definition) is 3. The minimum atomic E-state index is 0.274. The predicted octanol–water partition coefficient (Wildman–Crippen LogP) is 2.42. The summed E-state index contributed by atoms with van der Waals surface area (Å²) in [5.41, 5.74) is 1.08. The Bertz CT molecular complexity index is 337. The van der Waals surface area contributed by atoms with Gasteiger partial charge in [-0.05, 0) is 38.0 Å². The molecule has 0 radical (unpaired) electrons. The molecule has 3 heteroatoms. The Kier molecular flexibility index (Phi) is 3.94. The Morgan fingerprint density at radius 2 is 2.50 bits per heavy atom. The molecule has 0 bridgehead atoms. The number of allylic oxidation sites excluding steroid dienone is 1. The molecular formula is C13H18N2O. The number of aromatic nitrogens is 1. The van der Waals surface area contributed by atoms with Crippen molar-refractivity contribution in [2.75, 3.05) is 6.54 Å². The monoisotopic (exact) mass is 218 g/mol. The fourth-order valence-corrected chi connectivity index (χ4v) is 1.78. The van der Waals surface area contributed by atoms with Gasteiger partial charge in [-0.3, -0.25) is 4.98 Å². The molecule has 1 aromatic heterocycles. The molecule has 86 valence electrons. The molecule has 3 nitrogen and oxygen atoms in total. The van der Waals surface area contributed by atoms with Gasteiger partial charge in [0.05, 0.1) is 12.0 Å². The van der Waals surface area contributed by atoms with E-state index in [0.717, 1.165) is 25.1 Å². The topological polar surface area (TPSA) is 34.1 Å². The lowest BCUT2D eigenvalue weighted by molar-refractivity contribution is 0.119. The summed E-state index contributed by atoms with van der Waals surface area (Å²) >= 11 is 0. The highest BCUT2D eigenvalue weighted by Crippen LogP contribution is 2.12. The van der Waals surface area contributed by atoms with Gasteiger partial charge in [0.15, 0.2) is 0 Å². The first-order valence-electron chi connectivity index (χ1n) is 5.81. The molecule has 1 N–H and O–H groups in total. The van der Waals surface area contributed by atoms with Crippen LogP contribution in [0.4, 0.5) is 0 Å². The average Bonchev–Trinajstić information content (AvgIpc) is 2.38. The number of nitrogens with zero attached hydrogens (tertiary/aromatic N) is 1. The van der Waals surface area contributed by atoms with Crippen molar-refractivity contribution in [1.82, 2.24) is 10.3 Å². The van der Waals surface area contributed by atoms with E-state index >= 15 is 0 Å². The summed E-state index contributed by atoms with van der Waals surface area (Å²) in [6.07, 6.45) is 8.21. The van der Waals surface area contributed by atoms with E-state index in [0.29, 0.717) is 6.10 Å². The van der Waals surface area contributed by atoms with Crippen LogP contribution in [0.1, 0.15) is 31.5 Å². The van der Waals surface area contributed by atoms with Gasteiger partial charge in [-0.1, -0.05) is 6.07 Å². The van der Waals surface area contributed by atoms with Crippen LogP contribution in [0.3, 0.4) is 0 Å². The van der Waals surface area contributed by atoms with Gasteiger partial charge in [-0.2, -0.15) is 0 Å². The van der Waals surface area contributed by atoms with Gasteiger partial charge < -0.3 is 10.1 Å². The first kappa shape index (κ1) is 11.1. The van der Waals surface area contributed by atoms with Crippen molar-refractivity contribution in [2.45, 2.75) is 31.9 Å². The first-order chi connectivity index (χ1) is 7.86. The van der Waals surface area contributed by atoms with E-state index in [1.165, 1.54) is 0 Å². The SMILES string of the molecule is CC(NCC1CCC=CO1)c1ccccn1. The number of hydrogen-bond donors (Lipinski definition) is 1. The Labute approximate surface area is 96.5 Å². The van der Waals surface area contributed by atoms with E-state index in [2.05, 4.69) is 23.3 Å². The summed E-state index contributed by atoms with van der Waals surface area (Å²) in [7, 11) is 0. The second-order valence-corrected chi connectivity index (χ2v) is 4.09. The Morgan fingerprint density at radius 3 is 3.19 bits per heavy atom. The molecule has 0 saturated carbocycles. The van der Waals surface area contributed by atoms with E-state index in [1.807, 2.05) is 24.4 Å². The van der Waals surface area contributed by atoms with Gasteiger partial charge in [-0.15, -0.1) is 0 Å². The molecule has 2 unspecified atom stereocenters. The minimum absolute atomic E-state index is 0.274. The van der Waals surface area contributed by atoms with E-state index < -0.39 is 0 Å². The Balaban J connectivity index is 1.79. The van der Waals surface area contributed by atoms with E-state index in [9.17, 15) is 0 Å². The van der Waals surface area contributed by atoms with Gasteiger partial charge in [0.2, 0.25) is 0 Å². The summed E-state index contributed by atoms with van der Waals surface area (Å²) < 4.78 is 5.50. The lowest BCUT2D eigenvalue weighted by Crippen LogP contribution is -2.31. The van der Waals surface area contributed by atoms with Crippen LogP contribution in [-0.2, 0) is 4.74 Å². The zero-order chi connectivity index (χ0) is 11.2. The molecule has 2 rings (SSSR count). The van der Waals surface area contributed by atoms with Crippen LogP contribution in [0.15, 0.2) is 36.7 Å². The largest absolute Gasteiger partial charge is 0.497 e. The molecule has 0 spiro atoms. The van der Waals surface area contributed by atoms with Crippen LogP contribution < -0.4 is 5.32 Å². The zero-order valence-corrected chi connectivity index (χ0v) is 9.60. The highest BCUT2D eigenvalue weighted by molar-refractivity contribution is 5.07. The lowest BCUT2D eigenvalue weighted by Gasteiger charge is -2.22. The van der Waals surface area contributed by atoms with Crippen molar-refractivity contribution in [3.63, 3.8) is 0 Å². The molecule has 2 atom stereocenters. The van der Waals surface area contributed by atoms with E-state index in [1.54, 1.807) is 6.26 Å². The second kappa shape index (κ2) is 5.66. The smallest absolute Gasteiger partial charge is 0.110 e. The van der Waals surface area contributed by atoms with Crippen LogP contribution in [-0.4, -0.2) is 17.6 Å². The second-order valence-electron chi connectivity index (χ2n) is 4.09. The predicted molar refractivity (Wildman–Crippen MR) is 63.9 cm³/mol. The van der Waals surface area contributed by atoms with Crippen molar-refractivity contribution < 1.29 is 4.74 Å². The highest BCUT2D eigenvalue weighted by atomic mass is 16.5. The number of ether oxygens (including phenoxy) is 1. The van der Waals surface area contributed by atoms with Crippen molar-refractivity contribution in [3.05, 3.63) is 42.4 Å². The maximum Gasteiger partial charge on any atom is 0.110 e. The number of nitrogens with one attached hydrogen (secondary N) is 1. The van der Waals surface area contributed by atoms with Crippen molar-refractivity contribution in [2.24, 2.45) is 0 Å². The fourth-order valence-electron chi connectivity index (χ4n) is 1.78. The summed E-state index contributed by atoms with van der Waals surface area (Å²) in [4.78, 5) is 4.33. The summed E-state index contributed by atoms with van der Waals surface area (Å²) in [5, 5.41) is 3.45. The molecule has 1 aromatic rings. The number of rotatable bonds is 4. The quantitative estimate of drug-likeness (QED) is 0.842. The summed E-state index contributed by atoms with van der Waals surface area (Å²) in [5.74, 6) is 0. The fraction of sp³-hybridized carbons (Fsp3) is 0.462. The molecule has 0 saturated heterocycles. The lowest BCUT2D eigenvalue weighted by atomic mass is 10.1. The van der Waals surface area contributed by atoms with Crippen molar-refractivity contribution >= 4 is 0 Å². The first-order valence-corrected chi connectivity index (χ1v) is 5.81. The minimum Gasteiger partial charge on any atom is -0.497 e. The third-order valence-electron chi connectivity index (χ3n) is 2.81. The third-order valence-corrected chi connectivity index (χ3v) is 2.81. The Morgan fingerprint density at radius 1 is 1.56 bits per heavy atom. The number of pyridine rings is 1. The molecular weight excluding hydrogens is 200 g/mol. The van der Waals surface area contributed by atoms with Gasteiger partial charge in [0.1, 0.15) is 6.10 Å². The van der Waals surface area contributed by atoms with Crippen molar-refractivity contribution in [1.29, 1.82) is 0 Å². The molecule has 0 aromatic carbocycles. The normalized spacial score (nSPS) is 21.4. The highest BCUT2D eigenvalue weighted by Gasteiger charge is 2.13. The molecule has 2 heterocycles. The van der Waals surface area contributed by atoms with Crippen LogP contribution >= 0.6 is 0 Å². The van der Waals surface area contributed by atoms with Gasteiger partial charge in [0, 0.05) is 18.8 Å². The van der Waals surface area contributed by atoms with E-state index in [4.69, 9.17) is 4.74 Å². The van der Waals surface area contributed by atoms with Crippen LogP contribution in [0.5, 0.6) is 0 Å². The molecule has 0 aliphatic carbocycles. The van der Waals surface area contributed by atoms with Crippen LogP contribution in [0.2, 0.25) is 0 Å². The molecule has 0 fully saturated rings. The van der Waals surface area contributed by atoms with Gasteiger partial charge in [0.25, 0.3) is 0 Å². The van der Waals surface area contributed by atoms with E-state index in [-0.39, 0.29) is 6.04 Å². The molecule has 16 heavy (non-hydrogen) atoms. The maximum atomic E-state index is 5.50. The van der Waals surface area contributed by atoms with Gasteiger partial charge >= 0.3 is 0 Å². The van der Waals surface area contributed by atoms with Crippen LogP contribution in [0, 0.1) is 0 Å². The average molecular weight is 218 g/mol. The Hall–Kier alpha value is -1.35. The standard InChI is InChI=1S/C13H18N2O/c1-11(13-7-2-4-8-14-13)15-10-12-6-3-5-9-16-12/h2,4-5,7-9,11-12,15H,3,6,10H2,1H3. The zero-order valence-electron chi connectivity index (χ0n) is 9.60. The van der Waals surface area contributed by atoms with Gasteiger partial charge in [-0.25, -0.2) is 0 Å². The summed E-state index contributed by atoms with van der Waals surface area (Å²) in [6, 6.07) is 6.26. The van der Waals surface area contributed by atoms with Crippen molar-refractivity contribution in [3.8, 4) is 0 Å². The molecule has 1 aliphatic rings. The molecule has 1 aliphatic heterocycles.